The highest BCUT2D eigenvalue weighted by Crippen LogP contribution is 2.31. The average molecular weight is 508 g/mol. The lowest BCUT2D eigenvalue weighted by atomic mass is 9.99. The molecule has 0 radical (unpaired) electrons. The summed E-state index contributed by atoms with van der Waals surface area (Å²) in [6.07, 6.45) is -7.78. The van der Waals surface area contributed by atoms with Gasteiger partial charge in [0, 0.05) is 37.5 Å². The Bertz CT molecular complexity index is 1370. The zero-order valence-electron chi connectivity index (χ0n) is 20.6. The Morgan fingerprint density at radius 2 is 1.70 bits per heavy atom. The van der Waals surface area contributed by atoms with Crippen LogP contribution in [0.3, 0.4) is 0 Å². The van der Waals surface area contributed by atoms with E-state index in [2.05, 4.69) is 11.4 Å². The normalized spacial score (nSPS) is 24.3. The Morgan fingerprint density at radius 1 is 1.00 bits per heavy atom. The van der Waals surface area contributed by atoms with Crippen LogP contribution in [0.5, 0.6) is 0 Å². The molecule has 3 aromatic rings. The SMILES string of the molecule is C/C(=C(/C#N)C(=O)NC[C@H]1OC(O)[C@H](O)[C@@H](O)[C@@H]1O)c1ccc(-c2ccc3cc(N(C)C)ccc3c2)o1. The maximum absolute atomic E-state index is 12.7. The van der Waals surface area contributed by atoms with Crippen LogP contribution in [0.4, 0.5) is 5.69 Å². The number of carbonyl (C=O) groups is 1. The first kappa shape index (κ1) is 26.3. The van der Waals surface area contributed by atoms with Crippen molar-refractivity contribution in [3.8, 4) is 17.4 Å². The van der Waals surface area contributed by atoms with E-state index in [0.717, 1.165) is 22.0 Å². The van der Waals surface area contributed by atoms with E-state index in [1.165, 1.54) is 0 Å². The molecule has 1 aliphatic heterocycles. The van der Waals surface area contributed by atoms with Crippen molar-refractivity contribution < 1.29 is 34.4 Å². The fraction of sp³-hybridized carbons (Fsp3) is 0.333. The number of nitrogens with zero attached hydrogens (tertiary/aromatic N) is 2. The van der Waals surface area contributed by atoms with E-state index in [-0.39, 0.29) is 12.1 Å². The third kappa shape index (κ3) is 5.36. The first-order chi connectivity index (χ1) is 17.6. The Labute approximate surface area is 213 Å². The molecule has 37 heavy (non-hydrogen) atoms. The minimum atomic E-state index is -1.72. The average Bonchev–Trinajstić information content (AvgIpc) is 3.39. The van der Waals surface area contributed by atoms with Gasteiger partial charge >= 0.3 is 0 Å². The second-order valence-electron chi connectivity index (χ2n) is 9.16. The number of nitrogens with one attached hydrogen (secondary N) is 1. The molecule has 194 valence electrons. The van der Waals surface area contributed by atoms with Gasteiger partial charge in [0.15, 0.2) is 6.29 Å². The molecule has 1 unspecified atom stereocenters. The fourth-order valence-electron chi connectivity index (χ4n) is 4.17. The van der Waals surface area contributed by atoms with Crippen molar-refractivity contribution in [3.63, 3.8) is 0 Å². The van der Waals surface area contributed by atoms with Crippen LogP contribution in [0, 0.1) is 11.3 Å². The molecule has 10 heteroatoms. The van der Waals surface area contributed by atoms with Crippen LogP contribution >= 0.6 is 0 Å². The summed E-state index contributed by atoms with van der Waals surface area (Å²) in [6, 6.07) is 17.4. The number of fused-ring (bicyclic) bond motifs is 1. The number of ether oxygens (including phenoxy) is 1. The number of hydrogen-bond acceptors (Lipinski definition) is 9. The van der Waals surface area contributed by atoms with Crippen LogP contribution in [0.2, 0.25) is 0 Å². The molecule has 1 amide bonds. The number of allylic oxidation sites excluding steroid dienone is 1. The Balaban J connectivity index is 1.50. The number of furan rings is 1. The second kappa shape index (κ2) is 10.7. The molecule has 10 nitrogen and oxygen atoms in total. The third-order valence-electron chi connectivity index (χ3n) is 6.47. The van der Waals surface area contributed by atoms with Gasteiger partial charge in [-0.25, -0.2) is 0 Å². The van der Waals surface area contributed by atoms with E-state index in [0.29, 0.717) is 17.1 Å². The number of aliphatic hydroxyl groups excluding tert-OH is 4. The Hall–Kier alpha value is -3.72. The molecule has 5 N–H and O–H groups in total. The van der Waals surface area contributed by atoms with Gasteiger partial charge in [0.2, 0.25) is 0 Å². The van der Waals surface area contributed by atoms with Gasteiger partial charge in [-0.3, -0.25) is 4.79 Å². The standard InChI is InChI=1S/C27H29N3O7/c1-14(19(12-28)26(34)29-13-22-23(31)24(32)25(33)27(35)37-22)20-8-9-21(36-20)17-5-4-16-11-18(30(2)3)7-6-15(16)10-17/h4-11,22-25,27,31-33,35H,13H2,1-3H3,(H,29,34)/b19-14+/t22-,23-,24+,25-,27?/m1/s1. The summed E-state index contributed by atoms with van der Waals surface area (Å²) < 4.78 is 11.0. The Morgan fingerprint density at radius 3 is 2.41 bits per heavy atom. The van der Waals surface area contributed by atoms with E-state index in [1.54, 1.807) is 19.1 Å². The quantitative estimate of drug-likeness (QED) is 0.245. The summed E-state index contributed by atoms with van der Waals surface area (Å²) in [7, 11) is 3.97. The van der Waals surface area contributed by atoms with Crippen molar-refractivity contribution in [2.75, 3.05) is 25.5 Å². The van der Waals surface area contributed by atoms with Crippen LogP contribution in [-0.4, -0.2) is 77.7 Å². The van der Waals surface area contributed by atoms with Crippen molar-refractivity contribution in [2.24, 2.45) is 0 Å². The van der Waals surface area contributed by atoms with Crippen LogP contribution in [0.15, 0.2) is 58.5 Å². The van der Waals surface area contributed by atoms with Gasteiger partial charge in [0.05, 0.1) is 0 Å². The summed E-state index contributed by atoms with van der Waals surface area (Å²) in [5.74, 6) is 0.171. The second-order valence-corrected chi connectivity index (χ2v) is 9.16. The molecule has 1 fully saturated rings. The molecule has 5 atom stereocenters. The smallest absolute Gasteiger partial charge is 0.262 e. The van der Waals surface area contributed by atoms with Crippen LogP contribution < -0.4 is 10.2 Å². The van der Waals surface area contributed by atoms with Gasteiger partial charge in [0.1, 0.15) is 47.6 Å². The lowest BCUT2D eigenvalue weighted by Gasteiger charge is -2.38. The maximum atomic E-state index is 12.7. The van der Waals surface area contributed by atoms with Crippen molar-refractivity contribution >= 4 is 27.9 Å². The first-order valence-corrected chi connectivity index (χ1v) is 11.7. The summed E-state index contributed by atoms with van der Waals surface area (Å²) in [5, 5.41) is 53.3. The minimum Gasteiger partial charge on any atom is -0.456 e. The van der Waals surface area contributed by atoms with Crippen molar-refractivity contribution in [1.82, 2.24) is 5.32 Å². The molecule has 1 saturated heterocycles. The van der Waals surface area contributed by atoms with E-state index < -0.39 is 36.6 Å². The van der Waals surface area contributed by atoms with E-state index >= 15 is 0 Å². The summed E-state index contributed by atoms with van der Waals surface area (Å²) in [4.78, 5) is 14.7. The Kier molecular flexibility index (Phi) is 7.63. The molecule has 4 rings (SSSR count). The molecule has 0 saturated carbocycles. The lowest BCUT2D eigenvalue weighted by molar-refractivity contribution is -0.280. The monoisotopic (exact) mass is 507 g/mol. The maximum Gasteiger partial charge on any atom is 0.262 e. The molecule has 1 aliphatic rings. The largest absolute Gasteiger partial charge is 0.456 e. The highest BCUT2D eigenvalue weighted by Gasteiger charge is 2.43. The molecule has 1 aromatic heterocycles. The van der Waals surface area contributed by atoms with Gasteiger partial charge in [-0.15, -0.1) is 0 Å². The van der Waals surface area contributed by atoms with Gasteiger partial charge < -0.3 is 39.8 Å². The number of aliphatic hydroxyl groups is 4. The fourth-order valence-corrected chi connectivity index (χ4v) is 4.17. The van der Waals surface area contributed by atoms with Crippen molar-refractivity contribution in [3.05, 3.63) is 59.9 Å². The molecule has 2 aromatic carbocycles. The van der Waals surface area contributed by atoms with Gasteiger partial charge in [0.25, 0.3) is 5.91 Å². The number of anilines is 1. The first-order valence-electron chi connectivity index (χ1n) is 11.7. The predicted molar refractivity (Wildman–Crippen MR) is 136 cm³/mol. The number of amides is 1. The van der Waals surface area contributed by atoms with E-state index in [1.807, 2.05) is 55.4 Å². The minimum absolute atomic E-state index is 0.206. The van der Waals surface area contributed by atoms with Gasteiger partial charge in [-0.1, -0.05) is 18.2 Å². The molecular weight excluding hydrogens is 478 g/mol. The molecular formula is C27H29N3O7. The third-order valence-corrected chi connectivity index (χ3v) is 6.47. The summed E-state index contributed by atoms with van der Waals surface area (Å²) in [6.45, 7) is 1.27. The lowest BCUT2D eigenvalue weighted by Crippen LogP contribution is -2.60. The summed E-state index contributed by atoms with van der Waals surface area (Å²) >= 11 is 0. The van der Waals surface area contributed by atoms with E-state index in [9.17, 15) is 30.5 Å². The van der Waals surface area contributed by atoms with Gasteiger partial charge in [-0.2, -0.15) is 5.26 Å². The molecule has 0 spiro atoms. The van der Waals surface area contributed by atoms with Crippen LogP contribution in [-0.2, 0) is 9.53 Å². The summed E-state index contributed by atoms with van der Waals surface area (Å²) in [5.41, 5.74) is 2.04. The van der Waals surface area contributed by atoms with Crippen LogP contribution in [0.1, 0.15) is 12.7 Å². The highest BCUT2D eigenvalue weighted by molar-refractivity contribution is 6.04. The topological polar surface area (TPSA) is 159 Å². The molecule has 0 bridgehead atoms. The van der Waals surface area contributed by atoms with Crippen molar-refractivity contribution in [2.45, 2.75) is 37.6 Å². The number of benzene rings is 2. The van der Waals surface area contributed by atoms with Crippen molar-refractivity contribution in [1.29, 1.82) is 5.26 Å². The number of nitriles is 1. The van der Waals surface area contributed by atoms with E-state index in [4.69, 9.17) is 9.15 Å². The zero-order valence-corrected chi connectivity index (χ0v) is 20.6. The molecule has 2 heterocycles. The highest BCUT2D eigenvalue weighted by atomic mass is 16.6. The molecule has 0 aliphatic carbocycles. The number of rotatable bonds is 6. The number of hydrogen-bond donors (Lipinski definition) is 5. The number of carbonyl (C=O) groups excluding carboxylic acids is 1. The predicted octanol–water partition coefficient (Wildman–Crippen LogP) is 1.38. The zero-order chi connectivity index (χ0) is 26.9. The van der Waals surface area contributed by atoms with Gasteiger partial charge in [-0.05, 0) is 48.0 Å². The van der Waals surface area contributed by atoms with Crippen LogP contribution in [0.25, 0.3) is 27.7 Å².